The van der Waals surface area contributed by atoms with Crippen LogP contribution >= 0.6 is 0 Å². The Morgan fingerprint density at radius 2 is 1.00 bits per heavy atom. The Morgan fingerprint density at radius 1 is 0.571 bits per heavy atom. The topological polar surface area (TPSA) is 55.4 Å². The minimum atomic E-state index is -2.43. The molecule has 21 heavy (non-hydrogen) atoms. The summed E-state index contributed by atoms with van der Waals surface area (Å²) in [5.41, 5.74) is 0. The van der Waals surface area contributed by atoms with Crippen LogP contribution in [0.3, 0.4) is 0 Å². The third-order valence-corrected chi connectivity index (χ3v) is 15.3. The van der Waals surface area contributed by atoms with Gasteiger partial charge in [0.2, 0.25) is 0 Å². The molecule has 128 valence electrons. The molecular formula is C11H32O6Si4. The van der Waals surface area contributed by atoms with Crippen LogP contribution in [0.25, 0.3) is 0 Å². The highest BCUT2D eigenvalue weighted by atomic mass is 28.5. The average molecular weight is 373 g/mol. The molecule has 0 aliphatic rings. The van der Waals surface area contributed by atoms with E-state index in [9.17, 15) is 0 Å². The zero-order valence-electron chi connectivity index (χ0n) is 15.2. The molecule has 6 nitrogen and oxygen atoms in total. The van der Waals surface area contributed by atoms with Gasteiger partial charge in [0.1, 0.15) is 0 Å². The largest absolute Gasteiger partial charge is 0.415 e. The van der Waals surface area contributed by atoms with Crippen molar-refractivity contribution in [2.75, 3.05) is 27.6 Å². The van der Waals surface area contributed by atoms with Gasteiger partial charge in [-0.2, -0.15) is 0 Å². The van der Waals surface area contributed by atoms with Crippen LogP contribution in [0.2, 0.25) is 45.8 Å². The van der Waals surface area contributed by atoms with Crippen LogP contribution < -0.4 is 0 Å². The van der Waals surface area contributed by atoms with Crippen molar-refractivity contribution in [3.63, 3.8) is 0 Å². The minimum Gasteiger partial charge on any atom is -0.415 e. The van der Waals surface area contributed by atoms with Gasteiger partial charge in [0.25, 0.3) is 0 Å². The summed E-state index contributed by atoms with van der Waals surface area (Å²) in [6.07, 6.45) is 0.427. The molecule has 0 saturated heterocycles. The Kier molecular flexibility index (Phi) is 8.18. The molecule has 0 spiro atoms. The summed E-state index contributed by atoms with van der Waals surface area (Å²) in [6, 6.07) is 0. The maximum atomic E-state index is 6.13. The smallest absolute Gasteiger partial charge is 0.351 e. The molecule has 1 unspecified atom stereocenters. The standard InChI is InChI=1S/C11H32O6Si4/c1-12-18(4,5)16-20(8,9)15-11-21(10,14-3)17-19(6,7)13-2/h11H2,1-10H3. The van der Waals surface area contributed by atoms with E-state index in [1.807, 2.05) is 45.8 Å². The molecule has 0 bridgehead atoms. The second kappa shape index (κ2) is 7.94. The first-order valence-corrected chi connectivity index (χ1v) is 18.0. The van der Waals surface area contributed by atoms with Crippen molar-refractivity contribution in [3.05, 3.63) is 0 Å². The molecule has 0 fully saturated rings. The molecule has 0 N–H and O–H groups in total. The molecule has 0 rings (SSSR count). The lowest BCUT2D eigenvalue weighted by Gasteiger charge is -2.36. The van der Waals surface area contributed by atoms with Gasteiger partial charge in [0, 0.05) is 21.3 Å². The van der Waals surface area contributed by atoms with E-state index in [0.29, 0.717) is 6.23 Å². The lowest BCUT2D eigenvalue weighted by molar-refractivity contribution is 0.190. The Morgan fingerprint density at radius 3 is 1.38 bits per heavy atom. The zero-order chi connectivity index (χ0) is 16.9. The number of rotatable bonds is 10. The van der Waals surface area contributed by atoms with Gasteiger partial charge in [0.15, 0.2) is 0 Å². The van der Waals surface area contributed by atoms with Gasteiger partial charge in [0.05, 0.1) is 6.23 Å². The zero-order valence-corrected chi connectivity index (χ0v) is 19.2. The van der Waals surface area contributed by atoms with Crippen LogP contribution in [-0.2, 0) is 25.9 Å². The molecule has 0 aromatic rings. The first kappa shape index (κ1) is 21.6. The molecule has 0 radical (unpaired) electrons. The van der Waals surface area contributed by atoms with E-state index in [-0.39, 0.29) is 0 Å². The fourth-order valence-electron chi connectivity index (χ4n) is 1.66. The van der Waals surface area contributed by atoms with E-state index >= 15 is 0 Å². The summed E-state index contributed by atoms with van der Waals surface area (Å²) >= 11 is 0. The third-order valence-electron chi connectivity index (χ3n) is 3.05. The molecule has 1 atom stereocenters. The first-order chi connectivity index (χ1) is 9.30. The number of hydrogen-bond donors (Lipinski definition) is 0. The van der Waals surface area contributed by atoms with Gasteiger partial charge in [-0.3, -0.25) is 0 Å². The molecule has 0 aromatic carbocycles. The second-order valence-corrected chi connectivity index (χ2v) is 20.5. The van der Waals surface area contributed by atoms with E-state index in [0.717, 1.165) is 0 Å². The SMILES string of the molecule is CO[Si](C)(C)O[Si](C)(C)OC[Si](C)(OC)O[Si](C)(C)OC. The average Bonchev–Trinajstić information content (AvgIpc) is 2.35. The van der Waals surface area contributed by atoms with Crippen LogP contribution in [0.1, 0.15) is 0 Å². The van der Waals surface area contributed by atoms with Crippen LogP contribution in [0.4, 0.5) is 0 Å². The van der Waals surface area contributed by atoms with Crippen molar-refractivity contribution >= 4 is 34.2 Å². The van der Waals surface area contributed by atoms with Gasteiger partial charge < -0.3 is 25.9 Å². The molecule has 0 aliphatic heterocycles. The molecule has 0 aromatic heterocycles. The predicted molar refractivity (Wildman–Crippen MR) is 93.2 cm³/mol. The highest BCUT2D eigenvalue weighted by Gasteiger charge is 2.43. The summed E-state index contributed by atoms with van der Waals surface area (Å²) in [4.78, 5) is 0. The fourth-order valence-corrected chi connectivity index (χ4v) is 14.6. The Hall–Kier alpha value is 0.628. The van der Waals surface area contributed by atoms with Crippen molar-refractivity contribution in [1.82, 2.24) is 0 Å². The van der Waals surface area contributed by atoms with Crippen molar-refractivity contribution < 1.29 is 25.9 Å². The van der Waals surface area contributed by atoms with Gasteiger partial charge in [-0.05, 0) is 45.8 Å². The second-order valence-electron chi connectivity index (χ2n) is 6.44. The van der Waals surface area contributed by atoms with Gasteiger partial charge in [-0.1, -0.05) is 0 Å². The fraction of sp³-hybridized carbons (Fsp3) is 1.00. The maximum Gasteiger partial charge on any atom is 0.351 e. The Balaban J connectivity index is 4.70. The van der Waals surface area contributed by atoms with E-state index in [2.05, 4.69) is 0 Å². The highest BCUT2D eigenvalue weighted by Crippen LogP contribution is 2.20. The minimum absolute atomic E-state index is 0.427. The van der Waals surface area contributed by atoms with E-state index in [4.69, 9.17) is 25.9 Å². The van der Waals surface area contributed by atoms with Crippen molar-refractivity contribution in [3.8, 4) is 0 Å². The Labute approximate surface area is 134 Å². The Bertz CT molecular complexity index is 326. The summed E-state index contributed by atoms with van der Waals surface area (Å²) in [7, 11) is -3.98. The summed E-state index contributed by atoms with van der Waals surface area (Å²) in [5, 5.41) is 0. The van der Waals surface area contributed by atoms with Gasteiger partial charge in [-0.15, -0.1) is 0 Å². The van der Waals surface area contributed by atoms with Crippen LogP contribution in [0.5, 0.6) is 0 Å². The lowest BCUT2D eigenvalue weighted by Crippen LogP contribution is -2.56. The lowest BCUT2D eigenvalue weighted by atomic mass is 11.7. The molecule has 0 amide bonds. The quantitative estimate of drug-likeness (QED) is 0.550. The molecule has 0 aliphatic carbocycles. The van der Waals surface area contributed by atoms with E-state index < -0.39 is 34.2 Å². The molecule has 10 heteroatoms. The van der Waals surface area contributed by atoms with Crippen molar-refractivity contribution in [1.29, 1.82) is 0 Å². The normalized spacial score (nSPS) is 16.9. The predicted octanol–water partition coefficient (Wildman–Crippen LogP) is 2.69. The summed E-state index contributed by atoms with van der Waals surface area (Å²) in [6.45, 7) is 14.0. The summed E-state index contributed by atoms with van der Waals surface area (Å²) in [5.74, 6) is 0. The van der Waals surface area contributed by atoms with Gasteiger partial charge >= 0.3 is 34.2 Å². The van der Waals surface area contributed by atoms with E-state index in [1.165, 1.54) is 0 Å². The molecule has 0 saturated carbocycles. The van der Waals surface area contributed by atoms with Crippen molar-refractivity contribution in [2.45, 2.75) is 45.8 Å². The highest BCUT2D eigenvalue weighted by molar-refractivity contribution is 6.81. The van der Waals surface area contributed by atoms with E-state index in [1.54, 1.807) is 21.3 Å². The van der Waals surface area contributed by atoms with Crippen LogP contribution in [0, 0.1) is 0 Å². The molecular weight excluding hydrogens is 340 g/mol. The van der Waals surface area contributed by atoms with Crippen LogP contribution in [0.15, 0.2) is 0 Å². The van der Waals surface area contributed by atoms with Crippen molar-refractivity contribution in [2.24, 2.45) is 0 Å². The van der Waals surface area contributed by atoms with Crippen LogP contribution in [-0.4, -0.2) is 61.8 Å². The first-order valence-electron chi connectivity index (χ1n) is 7.00. The van der Waals surface area contributed by atoms with Gasteiger partial charge in [-0.25, -0.2) is 0 Å². The number of hydrogen-bond acceptors (Lipinski definition) is 6. The summed E-state index contributed by atoms with van der Waals surface area (Å²) < 4.78 is 34.8. The molecule has 0 heterocycles. The maximum absolute atomic E-state index is 6.13. The monoisotopic (exact) mass is 372 g/mol. The third kappa shape index (κ3) is 8.73.